The Morgan fingerprint density at radius 3 is 1.03 bits per heavy atom. The fourth-order valence-electron chi connectivity index (χ4n) is 7.46. The number of hydrogen-bond donors (Lipinski definition) is 11. The van der Waals surface area contributed by atoms with Crippen LogP contribution in [-0.2, 0) is 28.8 Å². The minimum Gasteiger partial charge on any atom is -0.369 e. The fourth-order valence-corrected chi connectivity index (χ4v) is 7.46. The normalized spacial score (nSPS) is 11.3. The number of aliphatic imine (C=N–C) groups is 1. The second-order valence-corrected chi connectivity index (χ2v) is 37.4. The van der Waals surface area contributed by atoms with Gasteiger partial charge < -0.3 is 36.1 Å². The number of H-pyrrole nitrogens is 7. The monoisotopic (exact) mass is 1710 g/mol. The maximum Gasteiger partial charge on any atom is 0.346 e. The fraction of sp³-hybridized carbons (Fsp3) is 0.527. The number of ketones is 3. The van der Waals surface area contributed by atoms with Crippen molar-refractivity contribution in [2.45, 2.75) is 240 Å². The molecule has 684 valence electrons. The average molecular weight is 1710 g/mol. The van der Waals surface area contributed by atoms with E-state index < -0.39 is 55.8 Å². The first-order valence-corrected chi connectivity index (χ1v) is 41.2. The van der Waals surface area contributed by atoms with Gasteiger partial charge in [0.05, 0.1) is 17.5 Å². The van der Waals surface area contributed by atoms with Crippen LogP contribution in [0.25, 0.3) is 30.4 Å². The van der Waals surface area contributed by atoms with E-state index in [4.69, 9.17) is 0 Å². The van der Waals surface area contributed by atoms with E-state index in [9.17, 15) is 67.1 Å². The number of nitrogens with one attached hydrogen (secondary N) is 11. The Morgan fingerprint density at radius 1 is 0.415 bits per heavy atom. The van der Waals surface area contributed by atoms with Gasteiger partial charge in [-0.1, -0.05) is 226 Å². The summed E-state index contributed by atoms with van der Waals surface area (Å²) in [5.41, 5.74) is -2.34. The van der Waals surface area contributed by atoms with Crippen molar-refractivity contribution < 1.29 is 33.6 Å². The molecule has 4 amide bonds. The zero-order valence-corrected chi connectivity index (χ0v) is 79.7. The third-order valence-corrected chi connectivity index (χ3v) is 13.3. The van der Waals surface area contributed by atoms with E-state index >= 15 is 0 Å². The van der Waals surface area contributed by atoms with Gasteiger partial charge in [0.1, 0.15) is 17.5 Å². The molecule has 0 aliphatic rings. The predicted molar refractivity (Wildman–Crippen MR) is 505 cm³/mol. The summed E-state index contributed by atoms with van der Waals surface area (Å²) < 4.78 is 0. The lowest BCUT2D eigenvalue weighted by molar-refractivity contribution is -0.122. The molecule has 0 aliphatic carbocycles. The molecule has 6 rings (SSSR count). The Bertz CT molecular complexity index is 4740. The second kappa shape index (κ2) is 60.7. The summed E-state index contributed by atoms with van der Waals surface area (Å²) >= 11 is 0. The number of carbonyl (C=O) groups excluding carboxylic acids is 7. The van der Waals surface area contributed by atoms with Gasteiger partial charge in [0.2, 0.25) is 17.7 Å². The molecular formula is C93H148N16O14. The highest BCUT2D eigenvalue weighted by atomic mass is 16.2. The van der Waals surface area contributed by atoms with Crippen LogP contribution in [0.3, 0.4) is 0 Å². The highest BCUT2D eigenvalue weighted by Gasteiger charge is 2.21. The van der Waals surface area contributed by atoms with Gasteiger partial charge in [-0.2, -0.15) is 0 Å². The van der Waals surface area contributed by atoms with Crippen molar-refractivity contribution in [3.05, 3.63) is 198 Å². The van der Waals surface area contributed by atoms with E-state index in [1.807, 2.05) is 55.6 Å². The summed E-state index contributed by atoms with van der Waals surface area (Å²) in [5.74, 6) is 3.59. The molecule has 11 N–H and O–H groups in total. The number of hydrogen-bond acceptors (Lipinski definition) is 18. The third kappa shape index (κ3) is 68.6. The zero-order chi connectivity index (χ0) is 95.9. The Morgan fingerprint density at radius 2 is 0.715 bits per heavy atom. The van der Waals surface area contributed by atoms with Crippen molar-refractivity contribution in [2.75, 3.05) is 37.8 Å². The molecule has 1 aromatic carbocycles. The largest absolute Gasteiger partial charge is 0.369 e. The maximum atomic E-state index is 12.2. The van der Waals surface area contributed by atoms with Crippen LogP contribution in [0.1, 0.15) is 278 Å². The summed E-state index contributed by atoms with van der Waals surface area (Å²) in [7, 11) is 3.64. The third-order valence-electron chi connectivity index (χ3n) is 13.3. The van der Waals surface area contributed by atoms with E-state index in [0.29, 0.717) is 41.2 Å². The first kappa shape index (κ1) is 118. The quantitative estimate of drug-likeness (QED) is 0.0138. The smallest absolute Gasteiger partial charge is 0.346 e. The van der Waals surface area contributed by atoms with Crippen LogP contribution in [0.15, 0.2) is 130 Å². The lowest BCUT2D eigenvalue weighted by atomic mass is 9.90. The summed E-state index contributed by atoms with van der Waals surface area (Å²) in [4.78, 5) is 193. The standard InChI is InChI=1S/C18H19N3O3.C16H24N4O3.C14H20N4O2.C14H21N3O3.C11H14N2O3.5C4H10/c1-18(2,3)14(22)10-9-13-11-19-17(24)21-15(13)20-16(23)12-7-5-4-6-8-12;1-11(21)19-14-12(10-18-15(23)20-14)6-7-13(22)17-9-5-8-16(2,3)4;1-14(2,3)11(19)7-6-10-8-15-13(20)17-12(10)16-9-18(4)5;1-14(2,3)7-4-8-15-11(18)6-5-10-9-16-13(20)17-12(10)19;1-11(2,3)8(14)5-4-7-6-12-10(16)13-9(7)15;5*1-4(2)3/h4-11H,1-3H3,(H2,19,20,21,23,24);6-7,10H,5,8-9H2,1-4H3,(H,17,22)(H2,18,19,20,21,23);6-9H,1-5H3,(H,15,17,20);5-6,9H,4,7-8H2,1-3H3,(H,15,18)(H2,16,17,19,20);4-6H,1-3H3,(H2,12,13,15,16);5*4H,1-3H3/b10-9+;7-6+;7-6+,16-9?;6-5+;5-4+;;;;;. The molecule has 123 heavy (non-hydrogen) atoms. The van der Waals surface area contributed by atoms with Crippen molar-refractivity contribution in [1.29, 1.82) is 0 Å². The van der Waals surface area contributed by atoms with Gasteiger partial charge in [-0.05, 0) is 127 Å². The number of nitrogens with zero attached hydrogens (tertiary/aromatic N) is 5. The Balaban J connectivity index is -0.000000682. The van der Waals surface area contributed by atoms with Crippen molar-refractivity contribution in [1.82, 2.24) is 65.4 Å². The van der Waals surface area contributed by atoms with Crippen molar-refractivity contribution >= 4 is 95.2 Å². The van der Waals surface area contributed by atoms with Crippen LogP contribution < -0.4 is 60.8 Å². The molecule has 0 radical (unpaired) electrons. The SMILES string of the molecule is CC(=O)Nc1[nH]c(=O)ncc1/C=C/C(=O)NCCCC(C)(C)C.CC(C)(C)C(=O)/C=C/c1c[nH]c(=O)[nH]c1=O.CC(C)(C)C(=O)/C=C/c1cnc(=O)[nH]c1NC(=O)c1ccccc1.CC(C)(C)CCCNC(=O)/C=C/c1c[nH]c(=O)[nH]c1=O.CC(C)C.CC(C)C.CC(C)C.CC(C)C.CC(C)C.CN(C)C=Nc1[nH]c(=O)ncc1/C=C/C(=O)C(C)(C)C. The molecule has 0 spiro atoms. The summed E-state index contributed by atoms with van der Waals surface area (Å²) in [6.45, 7) is 64.3. The van der Waals surface area contributed by atoms with Crippen LogP contribution in [0.4, 0.5) is 17.5 Å². The van der Waals surface area contributed by atoms with Crippen LogP contribution in [0.5, 0.6) is 0 Å². The van der Waals surface area contributed by atoms with Gasteiger partial charge in [-0.25, -0.2) is 43.9 Å². The number of carbonyl (C=O) groups is 7. The molecule has 5 aromatic heterocycles. The number of allylic oxidation sites excluding steroid dienone is 3. The minimum absolute atomic E-state index is 0.00811. The minimum atomic E-state index is -0.586. The lowest BCUT2D eigenvalue weighted by Gasteiger charge is -2.17. The van der Waals surface area contributed by atoms with Crippen LogP contribution in [-0.4, -0.2) is 129 Å². The molecule has 30 heteroatoms. The number of aromatic nitrogens is 10. The number of aromatic amines is 7. The van der Waals surface area contributed by atoms with Gasteiger partial charge in [-0.15, -0.1) is 0 Å². The van der Waals surface area contributed by atoms with E-state index in [0.717, 1.165) is 55.3 Å². The molecule has 6 aromatic rings. The van der Waals surface area contributed by atoms with E-state index in [2.05, 4.69) is 221 Å². The number of rotatable bonds is 21. The molecule has 0 bridgehead atoms. The number of benzene rings is 1. The van der Waals surface area contributed by atoms with E-state index in [1.165, 1.54) is 92.6 Å². The number of anilines is 2. The molecule has 5 heterocycles. The van der Waals surface area contributed by atoms with Gasteiger partial charge in [0.15, 0.2) is 17.3 Å². The number of amides is 4. The molecule has 0 unspecified atom stereocenters. The predicted octanol–water partition coefficient (Wildman–Crippen LogP) is 16.0. The summed E-state index contributed by atoms with van der Waals surface area (Å²) in [6, 6.07) is 8.61. The van der Waals surface area contributed by atoms with Gasteiger partial charge in [0, 0.05) is 116 Å². The topological polar surface area (TPSA) is 452 Å². The van der Waals surface area contributed by atoms with Crippen molar-refractivity contribution in [3.63, 3.8) is 0 Å². The van der Waals surface area contributed by atoms with Gasteiger partial charge in [0.25, 0.3) is 17.0 Å². The molecule has 30 nitrogen and oxygen atoms in total. The maximum absolute atomic E-state index is 12.2. The van der Waals surface area contributed by atoms with Gasteiger partial charge >= 0.3 is 28.4 Å². The molecule has 0 atom stereocenters. The highest BCUT2D eigenvalue weighted by Crippen LogP contribution is 2.23. The summed E-state index contributed by atoms with van der Waals surface area (Å²) in [5, 5.41) is 10.7. The Kier molecular flexibility index (Phi) is 58.0. The average Bonchev–Trinajstić information content (AvgIpc) is 0.859. The van der Waals surface area contributed by atoms with Gasteiger partial charge in [-0.3, -0.25) is 68.1 Å². The molecule has 0 saturated heterocycles. The van der Waals surface area contributed by atoms with E-state index in [1.54, 1.807) is 68.4 Å². The lowest BCUT2D eigenvalue weighted by Crippen LogP contribution is -2.24. The molecule has 0 fully saturated rings. The Hall–Kier alpha value is -11.7. The molecule has 0 saturated carbocycles. The van der Waals surface area contributed by atoms with Crippen molar-refractivity contribution in [3.8, 4) is 0 Å². The molecular weight excluding hydrogens is 1570 g/mol. The highest BCUT2D eigenvalue weighted by molar-refractivity contribution is 6.05. The van der Waals surface area contributed by atoms with Crippen LogP contribution >= 0.6 is 0 Å². The van der Waals surface area contributed by atoms with Crippen LogP contribution in [0, 0.1) is 56.7 Å². The van der Waals surface area contributed by atoms with Crippen molar-refractivity contribution in [2.24, 2.45) is 61.7 Å². The first-order chi connectivity index (χ1) is 56.4. The van der Waals surface area contributed by atoms with Crippen LogP contribution in [0.2, 0.25) is 0 Å². The second-order valence-electron chi connectivity index (χ2n) is 37.4. The first-order valence-electron chi connectivity index (χ1n) is 41.2. The van der Waals surface area contributed by atoms with E-state index in [-0.39, 0.29) is 74.6 Å². The Labute approximate surface area is 728 Å². The molecule has 0 aliphatic heterocycles. The zero-order valence-electron chi connectivity index (χ0n) is 79.7. The summed E-state index contributed by atoms with van der Waals surface area (Å²) in [6.07, 6.45) is 26.2.